The minimum atomic E-state index is 0.564. The molecule has 7 rings (SSSR count). The molecule has 0 saturated heterocycles. The van der Waals surface area contributed by atoms with Crippen LogP contribution in [0.4, 0.5) is 0 Å². The molecular weight excluding hydrogens is 470 g/mol. The van der Waals surface area contributed by atoms with Crippen LogP contribution in [0.3, 0.4) is 0 Å². The number of fused-ring (bicyclic) bond motifs is 5. The van der Waals surface area contributed by atoms with Crippen molar-refractivity contribution in [3.05, 3.63) is 105 Å². The number of nitrogens with zero attached hydrogens (tertiary/aromatic N) is 1. The zero-order valence-corrected chi connectivity index (χ0v) is 22.3. The lowest BCUT2D eigenvalue weighted by Crippen LogP contribution is -2.29. The quantitative estimate of drug-likeness (QED) is 0.356. The molecule has 3 aliphatic heterocycles. The van der Waals surface area contributed by atoms with Crippen LogP contribution >= 0.6 is 0 Å². The molecule has 38 heavy (non-hydrogen) atoms. The van der Waals surface area contributed by atoms with Gasteiger partial charge in [0, 0.05) is 17.2 Å². The number of ether oxygens (including phenoxy) is 2. The minimum absolute atomic E-state index is 0.564. The zero-order chi connectivity index (χ0) is 25.6. The van der Waals surface area contributed by atoms with Crippen molar-refractivity contribution in [2.24, 2.45) is 0 Å². The number of hydrogen-bond acceptors (Lipinski definition) is 3. The summed E-state index contributed by atoms with van der Waals surface area (Å²) in [6.45, 7) is 6.94. The van der Waals surface area contributed by atoms with E-state index in [1.807, 2.05) is 12.1 Å². The van der Waals surface area contributed by atoms with Gasteiger partial charge in [0.1, 0.15) is 48.5 Å². The summed E-state index contributed by atoms with van der Waals surface area (Å²) in [6.07, 6.45) is 11.1. The Balaban J connectivity index is 1.32. The third kappa shape index (κ3) is 3.94. The Morgan fingerprint density at radius 1 is 0.895 bits per heavy atom. The topological polar surface area (TPSA) is 34.6 Å². The van der Waals surface area contributed by atoms with E-state index in [0.717, 1.165) is 91.5 Å². The smallest absolute Gasteiger partial charge is 0.203 e. The van der Waals surface area contributed by atoms with Gasteiger partial charge in [-0.1, -0.05) is 12.1 Å². The summed E-state index contributed by atoms with van der Waals surface area (Å²) in [5.74, 6) is 4.90. The highest BCUT2D eigenvalue weighted by Gasteiger charge is 2.30. The van der Waals surface area contributed by atoms with Crippen LogP contribution in [0.5, 0.6) is 5.75 Å². The fourth-order valence-corrected chi connectivity index (χ4v) is 6.36. The molecule has 0 amide bonds. The first-order valence-electron chi connectivity index (χ1n) is 14.1. The number of hydrogen-bond donors (Lipinski definition) is 0. The van der Waals surface area contributed by atoms with Crippen LogP contribution in [0.25, 0.3) is 22.7 Å². The predicted octanol–water partition coefficient (Wildman–Crippen LogP) is 7.11. The van der Waals surface area contributed by atoms with Gasteiger partial charge in [-0.15, -0.1) is 0 Å². The van der Waals surface area contributed by atoms with Gasteiger partial charge in [0.05, 0.1) is 11.6 Å². The second kappa shape index (κ2) is 9.50. The Hall–Kier alpha value is -3.79. The van der Waals surface area contributed by atoms with Crippen LogP contribution in [-0.4, -0.2) is 19.7 Å². The monoisotopic (exact) mass is 504 g/mol. The van der Waals surface area contributed by atoms with Crippen LogP contribution < -0.4 is 14.7 Å². The van der Waals surface area contributed by atoms with E-state index >= 15 is 0 Å². The molecule has 0 bridgehead atoms. The molecule has 1 aromatic carbocycles. The fourth-order valence-electron chi connectivity index (χ4n) is 6.36. The molecule has 0 saturated carbocycles. The number of para-hydroxylation sites is 1. The van der Waals surface area contributed by atoms with Crippen LogP contribution in [0, 0.1) is 0 Å². The van der Waals surface area contributed by atoms with Crippen molar-refractivity contribution in [3.63, 3.8) is 0 Å². The van der Waals surface area contributed by atoms with Crippen molar-refractivity contribution in [1.29, 1.82) is 0 Å². The maximum atomic E-state index is 6.73. The van der Waals surface area contributed by atoms with Gasteiger partial charge in [-0.3, -0.25) is 0 Å². The van der Waals surface area contributed by atoms with Crippen molar-refractivity contribution in [3.8, 4) is 17.1 Å². The third-order valence-electron chi connectivity index (χ3n) is 8.33. The highest BCUT2D eigenvalue weighted by atomic mass is 16.5. The highest BCUT2D eigenvalue weighted by Crippen LogP contribution is 2.45. The first-order valence-corrected chi connectivity index (χ1v) is 14.1. The van der Waals surface area contributed by atoms with E-state index in [4.69, 9.17) is 13.9 Å². The van der Waals surface area contributed by atoms with Gasteiger partial charge in [0.15, 0.2) is 0 Å². The standard InChI is InChI=1S/C34H34NO3/c1-3-35(4-2)28-16-15-22-17-23-9-7-10-24(32(23)37-31(22)20-28)18-25-11-8-12-26-19-27-21-36-30-14-6-5-13-29(30)34(27)38-33(25)26/h5-6,13-20H,3-4,7-12,21H2,1-2H3/q+1/b24-18+. The van der Waals surface area contributed by atoms with Gasteiger partial charge in [0.25, 0.3) is 0 Å². The van der Waals surface area contributed by atoms with Crippen LogP contribution in [0.15, 0.2) is 87.6 Å². The molecule has 6 aliphatic rings. The lowest BCUT2D eigenvalue weighted by Gasteiger charge is -2.31. The summed E-state index contributed by atoms with van der Waals surface area (Å²) in [7, 11) is 0. The van der Waals surface area contributed by atoms with Crippen molar-refractivity contribution in [2.45, 2.75) is 52.4 Å². The number of benzene rings is 2. The van der Waals surface area contributed by atoms with Crippen molar-refractivity contribution in [2.75, 3.05) is 19.7 Å². The van der Waals surface area contributed by atoms with E-state index in [2.05, 4.69) is 67.0 Å². The molecule has 0 atom stereocenters. The van der Waals surface area contributed by atoms with E-state index in [1.54, 1.807) is 0 Å². The second-order valence-corrected chi connectivity index (χ2v) is 10.6. The molecule has 0 unspecified atom stereocenters. The first-order chi connectivity index (χ1) is 18.7. The molecule has 0 radical (unpaired) electrons. The van der Waals surface area contributed by atoms with Crippen molar-refractivity contribution in [1.82, 2.24) is 4.58 Å². The summed E-state index contributed by atoms with van der Waals surface area (Å²) in [5.41, 5.74) is 8.55. The molecule has 192 valence electrons. The minimum Gasteiger partial charge on any atom is -0.488 e. The maximum absolute atomic E-state index is 6.73. The maximum Gasteiger partial charge on any atom is 0.203 e. The van der Waals surface area contributed by atoms with Gasteiger partial charge < -0.3 is 13.9 Å². The Bertz CT molecular complexity index is 1600. The summed E-state index contributed by atoms with van der Waals surface area (Å²) in [5, 5.41) is 1.22. The Morgan fingerprint density at radius 2 is 1.76 bits per heavy atom. The van der Waals surface area contributed by atoms with Gasteiger partial charge in [-0.05, 0) is 111 Å². The second-order valence-electron chi connectivity index (χ2n) is 10.6. The van der Waals surface area contributed by atoms with E-state index in [9.17, 15) is 0 Å². The lowest BCUT2D eigenvalue weighted by molar-refractivity contribution is 0.311. The Kier molecular flexibility index (Phi) is 5.84. The molecule has 0 aromatic heterocycles. The van der Waals surface area contributed by atoms with E-state index in [-0.39, 0.29) is 0 Å². The number of aryl methyl sites for hydroxylation is 1. The first kappa shape index (κ1) is 23.3. The molecule has 0 N–H and O–H groups in total. The predicted molar refractivity (Wildman–Crippen MR) is 151 cm³/mol. The van der Waals surface area contributed by atoms with E-state index in [0.29, 0.717) is 6.61 Å². The van der Waals surface area contributed by atoms with E-state index in [1.165, 1.54) is 33.2 Å². The molecule has 0 spiro atoms. The molecule has 3 heterocycles. The molecule has 4 nitrogen and oxygen atoms in total. The van der Waals surface area contributed by atoms with Crippen LogP contribution in [-0.2, 0) is 11.2 Å². The van der Waals surface area contributed by atoms with Crippen LogP contribution in [0.1, 0.15) is 62.8 Å². The van der Waals surface area contributed by atoms with Gasteiger partial charge in [-0.2, -0.15) is 0 Å². The Labute approximate surface area is 224 Å². The largest absolute Gasteiger partial charge is 0.488 e. The SMILES string of the molecule is CC[N+](CC)=c1ccc2cc3c(oc-2c1)/C(=C/C1=C2OC4=C(C=C2CCC1)COc1ccccc14)CCC3. The molecule has 1 aromatic rings. The number of rotatable bonds is 3. The summed E-state index contributed by atoms with van der Waals surface area (Å²) >= 11 is 0. The van der Waals surface area contributed by atoms with Crippen molar-refractivity contribution >= 4 is 11.3 Å². The normalized spacial score (nSPS) is 19.2. The van der Waals surface area contributed by atoms with Crippen molar-refractivity contribution < 1.29 is 13.9 Å². The Morgan fingerprint density at radius 3 is 2.66 bits per heavy atom. The van der Waals surface area contributed by atoms with Gasteiger partial charge in [0.2, 0.25) is 5.36 Å². The summed E-state index contributed by atoms with van der Waals surface area (Å²) < 4.78 is 21.8. The summed E-state index contributed by atoms with van der Waals surface area (Å²) in [6, 6.07) is 17.2. The fraction of sp³-hybridized carbons (Fsp3) is 0.324. The van der Waals surface area contributed by atoms with E-state index < -0.39 is 0 Å². The zero-order valence-electron chi connectivity index (χ0n) is 22.3. The summed E-state index contributed by atoms with van der Waals surface area (Å²) in [4.78, 5) is 0. The average Bonchev–Trinajstić information content (AvgIpc) is 2.96. The van der Waals surface area contributed by atoms with Crippen LogP contribution in [0.2, 0.25) is 0 Å². The molecule has 0 fully saturated rings. The lowest BCUT2D eigenvalue weighted by atomic mass is 9.85. The molecule has 3 aliphatic carbocycles. The highest BCUT2D eigenvalue weighted by molar-refractivity contribution is 5.77. The average molecular weight is 505 g/mol. The van der Waals surface area contributed by atoms with Gasteiger partial charge >= 0.3 is 0 Å². The molecular formula is C34H34NO3+. The third-order valence-corrected chi connectivity index (χ3v) is 8.33. The molecule has 4 heteroatoms. The van der Waals surface area contributed by atoms with Gasteiger partial charge in [-0.25, -0.2) is 4.58 Å². The number of allylic oxidation sites excluding steroid dienone is 4.